The van der Waals surface area contributed by atoms with Crippen molar-refractivity contribution in [2.24, 2.45) is 0 Å². The van der Waals surface area contributed by atoms with Crippen LogP contribution in [0, 0.1) is 3.57 Å². The van der Waals surface area contributed by atoms with E-state index in [1.54, 1.807) is 13.2 Å². The number of hydrogen-bond donors (Lipinski definition) is 2. The molecule has 0 saturated heterocycles. The molecule has 0 aliphatic carbocycles. The average molecular weight is 391 g/mol. The van der Waals surface area contributed by atoms with Gasteiger partial charge in [0, 0.05) is 12.6 Å². The van der Waals surface area contributed by atoms with E-state index in [4.69, 9.17) is 9.47 Å². The van der Waals surface area contributed by atoms with Gasteiger partial charge in [-0.25, -0.2) is 0 Å². The molecule has 5 heteroatoms. The summed E-state index contributed by atoms with van der Waals surface area (Å²) in [5.74, 6) is 1.46. The molecule has 2 N–H and O–H groups in total. The predicted molar refractivity (Wildman–Crippen MR) is 89.4 cm³/mol. The van der Waals surface area contributed by atoms with Crippen molar-refractivity contribution in [3.63, 3.8) is 0 Å². The minimum Gasteiger partial charge on any atom is -0.493 e. The van der Waals surface area contributed by atoms with Gasteiger partial charge in [-0.3, -0.25) is 0 Å². The van der Waals surface area contributed by atoms with Gasteiger partial charge in [0.25, 0.3) is 0 Å². The zero-order chi connectivity index (χ0) is 15.0. The maximum atomic E-state index is 9.18. The molecule has 0 aliphatic rings. The minimum atomic E-state index is 0.121. The van der Waals surface area contributed by atoms with Crippen LogP contribution in [-0.4, -0.2) is 31.5 Å². The molecule has 1 rings (SSSR count). The summed E-state index contributed by atoms with van der Waals surface area (Å²) in [6.45, 7) is 6.97. The van der Waals surface area contributed by atoms with Crippen molar-refractivity contribution >= 4 is 22.6 Å². The number of aliphatic hydroxyl groups is 1. The Balaban J connectivity index is 2.84. The first-order valence-corrected chi connectivity index (χ1v) is 7.68. The first kappa shape index (κ1) is 17.3. The number of nitrogens with one attached hydrogen (secondary N) is 1. The standard InChI is InChI=1S/C15H22INO3/c1-4-6-20-15-13(16)7-11(8-14(15)19-3)9-17-12(5-2)10-18/h4,7-8,12,17-18H,1,5-6,9-10H2,2-3H3/t12-/m0/s1. The average Bonchev–Trinajstić information content (AvgIpc) is 2.46. The summed E-state index contributed by atoms with van der Waals surface area (Å²) in [6, 6.07) is 4.13. The highest BCUT2D eigenvalue weighted by Gasteiger charge is 2.12. The molecule has 0 bridgehead atoms. The van der Waals surface area contributed by atoms with Gasteiger partial charge in [-0.1, -0.05) is 19.6 Å². The smallest absolute Gasteiger partial charge is 0.174 e. The Labute approximate surface area is 134 Å². The van der Waals surface area contributed by atoms with Crippen LogP contribution in [0.4, 0.5) is 0 Å². The summed E-state index contributed by atoms with van der Waals surface area (Å²) >= 11 is 2.23. The van der Waals surface area contributed by atoms with E-state index in [0.717, 1.165) is 21.3 Å². The highest BCUT2D eigenvalue weighted by molar-refractivity contribution is 14.1. The van der Waals surface area contributed by atoms with Crippen molar-refractivity contribution in [2.45, 2.75) is 25.9 Å². The molecular formula is C15H22INO3. The molecule has 0 fully saturated rings. The fourth-order valence-electron chi connectivity index (χ4n) is 1.76. The lowest BCUT2D eigenvalue weighted by Crippen LogP contribution is -2.31. The van der Waals surface area contributed by atoms with Gasteiger partial charge in [0.2, 0.25) is 0 Å². The van der Waals surface area contributed by atoms with Crippen molar-refractivity contribution in [3.05, 3.63) is 33.9 Å². The molecule has 0 saturated carbocycles. The second-order valence-corrected chi connectivity index (χ2v) is 5.54. The van der Waals surface area contributed by atoms with E-state index in [1.165, 1.54) is 0 Å². The molecule has 0 aromatic heterocycles. The molecular weight excluding hydrogens is 369 g/mol. The van der Waals surface area contributed by atoms with Crippen molar-refractivity contribution in [2.75, 3.05) is 20.3 Å². The molecule has 0 heterocycles. The summed E-state index contributed by atoms with van der Waals surface area (Å²) < 4.78 is 12.0. The van der Waals surface area contributed by atoms with Crippen LogP contribution in [0.15, 0.2) is 24.8 Å². The van der Waals surface area contributed by atoms with Crippen LogP contribution in [0.5, 0.6) is 11.5 Å². The van der Waals surface area contributed by atoms with Crippen LogP contribution in [0.25, 0.3) is 0 Å². The van der Waals surface area contributed by atoms with Gasteiger partial charge >= 0.3 is 0 Å². The Morgan fingerprint density at radius 3 is 2.80 bits per heavy atom. The number of hydrogen-bond acceptors (Lipinski definition) is 4. The van der Waals surface area contributed by atoms with Gasteiger partial charge in [0.15, 0.2) is 11.5 Å². The van der Waals surface area contributed by atoms with Crippen molar-refractivity contribution < 1.29 is 14.6 Å². The molecule has 1 aromatic rings. The number of ether oxygens (including phenoxy) is 2. The summed E-state index contributed by atoms with van der Waals surface area (Å²) in [4.78, 5) is 0. The fraction of sp³-hybridized carbons (Fsp3) is 0.467. The number of aliphatic hydroxyl groups excluding tert-OH is 1. The molecule has 0 aliphatic heterocycles. The zero-order valence-corrected chi connectivity index (χ0v) is 14.1. The van der Waals surface area contributed by atoms with Crippen LogP contribution < -0.4 is 14.8 Å². The molecule has 112 valence electrons. The second-order valence-electron chi connectivity index (χ2n) is 4.38. The second kappa shape index (κ2) is 9.20. The Kier molecular flexibility index (Phi) is 7.94. The van der Waals surface area contributed by atoms with E-state index in [1.807, 2.05) is 13.0 Å². The zero-order valence-electron chi connectivity index (χ0n) is 12.0. The Hall–Kier alpha value is -0.790. The topological polar surface area (TPSA) is 50.7 Å². The van der Waals surface area contributed by atoms with Crippen LogP contribution in [0.3, 0.4) is 0 Å². The Bertz CT molecular complexity index is 433. The van der Waals surface area contributed by atoms with E-state index >= 15 is 0 Å². The van der Waals surface area contributed by atoms with E-state index in [9.17, 15) is 5.11 Å². The molecule has 1 atom stereocenters. The maximum Gasteiger partial charge on any atom is 0.174 e. The molecule has 1 aromatic carbocycles. The summed E-state index contributed by atoms with van der Waals surface area (Å²) in [7, 11) is 1.63. The lowest BCUT2D eigenvalue weighted by molar-refractivity contribution is 0.238. The van der Waals surface area contributed by atoms with Crippen LogP contribution in [0.1, 0.15) is 18.9 Å². The fourth-order valence-corrected chi connectivity index (χ4v) is 2.58. The molecule has 0 amide bonds. The normalized spacial score (nSPS) is 12.0. The van der Waals surface area contributed by atoms with Crippen molar-refractivity contribution in [1.82, 2.24) is 5.32 Å². The quantitative estimate of drug-likeness (QED) is 0.502. The number of halogens is 1. The largest absolute Gasteiger partial charge is 0.493 e. The Morgan fingerprint density at radius 1 is 1.50 bits per heavy atom. The first-order chi connectivity index (χ1) is 9.65. The number of benzene rings is 1. The van der Waals surface area contributed by atoms with Crippen molar-refractivity contribution in [1.29, 1.82) is 0 Å². The Morgan fingerprint density at radius 2 is 2.25 bits per heavy atom. The van der Waals surface area contributed by atoms with E-state index in [-0.39, 0.29) is 12.6 Å². The molecule has 4 nitrogen and oxygen atoms in total. The summed E-state index contributed by atoms with van der Waals surface area (Å²) in [5.41, 5.74) is 1.10. The number of methoxy groups -OCH3 is 1. The molecule has 0 unspecified atom stereocenters. The lowest BCUT2D eigenvalue weighted by atomic mass is 10.1. The van der Waals surface area contributed by atoms with Crippen LogP contribution in [-0.2, 0) is 6.54 Å². The maximum absolute atomic E-state index is 9.18. The van der Waals surface area contributed by atoms with Gasteiger partial charge in [0.1, 0.15) is 6.61 Å². The van der Waals surface area contributed by atoms with Gasteiger partial charge in [-0.05, 0) is 46.7 Å². The monoisotopic (exact) mass is 391 g/mol. The molecule has 20 heavy (non-hydrogen) atoms. The van der Waals surface area contributed by atoms with Crippen molar-refractivity contribution in [3.8, 4) is 11.5 Å². The SMILES string of the molecule is C=CCOc1c(I)cc(CN[C@@H](CC)CO)cc1OC. The summed E-state index contributed by atoms with van der Waals surface area (Å²) in [5, 5.41) is 12.5. The highest BCUT2D eigenvalue weighted by atomic mass is 127. The van der Waals surface area contributed by atoms with Gasteiger partial charge in [-0.2, -0.15) is 0 Å². The molecule has 0 spiro atoms. The van der Waals surface area contributed by atoms with Crippen LogP contribution >= 0.6 is 22.6 Å². The van der Waals surface area contributed by atoms with Gasteiger partial charge < -0.3 is 19.9 Å². The first-order valence-electron chi connectivity index (χ1n) is 6.60. The third-order valence-electron chi connectivity index (χ3n) is 2.94. The predicted octanol–water partition coefficient (Wildman–Crippen LogP) is 2.73. The minimum absolute atomic E-state index is 0.121. The van der Waals surface area contributed by atoms with Crippen LogP contribution in [0.2, 0.25) is 0 Å². The lowest BCUT2D eigenvalue weighted by Gasteiger charge is -2.16. The third-order valence-corrected chi connectivity index (χ3v) is 3.74. The van der Waals surface area contributed by atoms with E-state index in [0.29, 0.717) is 18.9 Å². The molecule has 0 radical (unpaired) electrons. The van der Waals surface area contributed by atoms with Gasteiger partial charge in [-0.15, -0.1) is 0 Å². The summed E-state index contributed by atoms with van der Waals surface area (Å²) in [6.07, 6.45) is 2.60. The highest BCUT2D eigenvalue weighted by Crippen LogP contribution is 2.34. The third kappa shape index (κ3) is 4.96. The van der Waals surface area contributed by atoms with Gasteiger partial charge in [0.05, 0.1) is 17.3 Å². The number of rotatable bonds is 9. The van der Waals surface area contributed by atoms with E-state index < -0.39 is 0 Å². The van der Waals surface area contributed by atoms with E-state index in [2.05, 4.69) is 40.6 Å².